The van der Waals surface area contributed by atoms with Gasteiger partial charge in [-0.2, -0.15) is 13.2 Å². The Bertz CT molecular complexity index is 1860. The molecule has 3 heterocycles. The highest BCUT2D eigenvalue weighted by molar-refractivity contribution is 7.22. The van der Waals surface area contributed by atoms with Crippen molar-refractivity contribution in [2.75, 3.05) is 32.5 Å². The summed E-state index contributed by atoms with van der Waals surface area (Å²) in [7, 11) is 1.33. The number of amides is 2. The van der Waals surface area contributed by atoms with Gasteiger partial charge >= 0.3 is 6.18 Å². The molecule has 0 unspecified atom stereocenters. The SMILES string of the molecule is COc1cc(C(=O)NC[C@](O)(c2cc3c(c(-c4ccc(F)cc4)n2)OC[C@]3(C)C(=O)NCC(C)(C)O)C(F)(F)F)cc2sc(N)nc12. The molecule has 0 fully saturated rings. The van der Waals surface area contributed by atoms with Crippen LogP contribution in [0.1, 0.15) is 42.4 Å². The van der Waals surface area contributed by atoms with Crippen LogP contribution in [0.5, 0.6) is 11.5 Å². The third-order valence-corrected chi connectivity index (χ3v) is 8.56. The van der Waals surface area contributed by atoms with E-state index in [4.69, 9.17) is 15.2 Å². The lowest BCUT2D eigenvalue weighted by Gasteiger charge is -2.32. The standard InChI is InChI=1S/C31H31F4N5O6S/c1-28(2,43)12-38-26(42)29(3)14-46-24-18(29)11-21(39-22(24)15-5-7-17(32)8-6-15)30(44,31(33,34)35)13-37-25(41)16-9-19(45-4)23-20(10-16)47-27(36)40-23/h5-11,43-44H,12-14H2,1-4H3,(H2,36,40)(H,37,41)(H,38,42)/t29-,30-/m0/s1. The number of rotatable bonds is 9. The van der Waals surface area contributed by atoms with Crippen LogP contribution >= 0.6 is 11.3 Å². The molecule has 0 spiro atoms. The number of carbonyl (C=O) groups excluding carboxylic acids is 2. The van der Waals surface area contributed by atoms with Gasteiger partial charge in [-0.1, -0.05) is 11.3 Å². The van der Waals surface area contributed by atoms with E-state index in [1.165, 1.54) is 52.1 Å². The number of aromatic nitrogens is 2. The fraction of sp³-hybridized carbons (Fsp3) is 0.355. The molecule has 2 atom stereocenters. The average Bonchev–Trinajstić information content (AvgIpc) is 3.56. The first-order valence-corrected chi connectivity index (χ1v) is 14.9. The summed E-state index contributed by atoms with van der Waals surface area (Å²) in [4.78, 5) is 34.8. The van der Waals surface area contributed by atoms with Crippen molar-refractivity contribution < 1.29 is 46.8 Å². The zero-order valence-corrected chi connectivity index (χ0v) is 26.4. The number of fused-ring (bicyclic) bond motifs is 2. The Morgan fingerprint density at radius 3 is 2.38 bits per heavy atom. The zero-order valence-electron chi connectivity index (χ0n) is 25.6. The number of pyridine rings is 1. The minimum Gasteiger partial charge on any atom is -0.494 e. The predicted molar refractivity (Wildman–Crippen MR) is 165 cm³/mol. The van der Waals surface area contributed by atoms with Crippen molar-refractivity contribution in [3.8, 4) is 22.8 Å². The van der Waals surface area contributed by atoms with Crippen molar-refractivity contribution in [3.63, 3.8) is 0 Å². The summed E-state index contributed by atoms with van der Waals surface area (Å²) < 4.78 is 69.9. The van der Waals surface area contributed by atoms with Gasteiger partial charge < -0.3 is 36.1 Å². The molecule has 5 rings (SSSR count). The zero-order chi connectivity index (χ0) is 34.5. The first kappa shape index (κ1) is 33.8. The minimum atomic E-state index is -5.39. The molecule has 6 N–H and O–H groups in total. The number of halogens is 4. The van der Waals surface area contributed by atoms with Crippen LogP contribution in [-0.2, 0) is 15.8 Å². The van der Waals surface area contributed by atoms with Crippen molar-refractivity contribution in [2.24, 2.45) is 0 Å². The molecule has 16 heteroatoms. The summed E-state index contributed by atoms with van der Waals surface area (Å²) in [6.45, 7) is 2.48. The lowest BCUT2D eigenvalue weighted by atomic mass is 9.81. The summed E-state index contributed by atoms with van der Waals surface area (Å²) in [6.07, 6.45) is -5.39. The van der Waals surface area contributed by atoms with Gasteiger partial charge in [0.15, 0.2) is 5.13 Å². The molecule has 11 nitrogen and oxygen atoms in total. The van der Waals surface area contributed by atoms with Crippen LogP contribution in [0.15, 0.2) is 42.5 Å². The first-order chi connectivity index (χ1) is 21.9. The number of benzene rings is 2. The molecule has 1 aliphatic heterocycles. The molecular formula is C31H31F4N5O6S. The monoisotopic (exact) mass is 677 g/mol. The Labute approximate surface area is 269 Å². The smallest absolute Gasteiger partial charge is 0.424 e. The molecule has 0 aliphatic carbocycles. The van der Waals surface area contributed by atoms with Crippen molar-refractivity contribution in [1.82, 2.24) is 20.6 Å². The van der Waals surface area contributed by atoms with Crippen LogP contribution in [0.2, 0.25) is 0 Å². The number of hydrogen-bond acceptors (Lipinski definition) is 10. The number of nitrogens with zero attached hydrogens (tertiary/aromatic N) is 2. The maximum atomic E-state index is 14.8. The maximum Gasteiger partial charge on any atom is 0.424 e. The number of alkyl halides is 3. The Kier molecular flexibility index (Phi) is 8.57. The first-order valence-electron chi connectivity index (χ1n) is 14.1. The largest absolute Gasteiger partial charge is 0.494 e. The van der Waals surface area contributed by atoms with Crippen LogP contribution in [-0.4, -0.2) is 70.6 Å². The molecule has 2 amide bonds. The van der Waals surface area contributed by atoms with Gasteiger partial charge in [-0.3, -0.25) is 9.59 Å². The quantitative estimate of drug-likeness (QED) is 0.166. The van der Waals surface area contributed by atoms with Crippen LogP contribution in [0, 0.1) is 5.82 Å². The predicted octanol–water partition coefficient (Wildman–Crippen LogP) is 3.81. The number of carbonyl (C=O) groups is 2. The van der Waals surface area contributed by atoms with Crippen molar-refractivity contribution in [3.05, 3.63) is 65.1 Å². The number of hydrogen-bond donors (Lipinski definition) is 5. The number of anilines is 1. The second-order valence-electron chi connectivity index (χ2n) is 12.0. The fourth-order valence-corrected chi connectivity index (χ4v) is 5.82. The molecule has 0 saturated heterocycles. The number of nitrogen functional groups attached to an aromatic ring is 1. The Morgan fingerprint density at radius 1 is 1.09 bits per heavy atom. The van der Waals surface area contributed by atoms with E-state index in [2.05, 4.69) is 20.6 Å². The number of nitrogens with two attached hydrogens (primary N) is 1. The van der Waals surface area contributed by atoms with E-state index in [0.717, 1.165) is 29.5 Å². The summed E-state index contributed by atoms with van der Waals surface area (Å²) >= 11 is 1.04. The number of ether oxygens (including phenoxy) is 2. The highest BCUT2D eigenvalue weighted by Crippen LogP contribution is 2.48. The van der Waals surface area contributed by atoms with Crippen molar-refractivity contribution in [1.29, 1.82) is 0 Å². The van der Waals surface area contributed by atoms with E-state index in [1.807, 2.05) is 0 Å². The van der Waals surface area contributed by atoms with Gasteiger partial charge in [0.05, 0.1) is 29.6 Å². The molecule has 250 valence electrons. The van der Waals surface area contributed by atoms with E-state index < -0.39 is 52.7 Å². The minimum absolute atomic E-state index is 0.0398. The Morgan fingerprint density at radius 2 is 1.77 bits per heavy atom. The topological polar surface area (TPSA) is 169 Å². The molecule has 0 saturated carbocycles. The van der Waals surface area contributed by atoms with Gasteiger partial charge in [0.1, 0.15) is 40.5 Å². The van der Waals surface area contributed by atoms with Crippen LogP contribution in [0.3, 0.4) is 0 Å². The summed E-state index contributed by atoms with van der Waals surface area (Å²) in [5, 5.41) is 26.4. The number of methoxy groups -OCH3 is 1. The number of thiazole rings is 1. The van der Waals surface area contributed by atoms with E-state index in [-0.39, 0.29) is 52.2 Å². The normalized spacial score (nSPS) is 17.5. The second-order valence-corrected chi connectivity index (χ2v) is 13.0. The third kappa shape index (κ3) is 6.40. The fourth-order valence-electron chi connectivity index (χ4n) is 5.03. The van der Waals surface area contributed by atoms with E-state index >= 15 is 0 Å². The Balaban J connectivity index is 1.58. The Hall–Kier alpha value is -4.54. The summed E-state index contributed by atoms with van der Waals surface area (Å²) in [6, 6.07) is 8.23. The van der Waals surface area contributed by atoms with E-state index in [9.17, 15) is 37.4 Å². The molecule has 0 bridgehead atoms. The lowest BCUT2D eigenvalue weighted by molar-refractivity contribution is -0.265. The number of aliphatic hydroxyl groups is 2. The van der Waals surface area contributed by atoms with Gasteiger partial charge in [-0.05, 0) is 63.2 Å². The lowest BCUT2D eigenvalue weighted by Crippen LogP contribution is -2.52. The van der Waals surface area contributed by atoms with Crippen molar-refractivity contribution >= 4 is 38.5 Å². The molecule has 47 heavy (non-hydrogen) atoms. The molecule has 2 aromatic carbocycles. The highest BCUT2D eigenvalue weighted by atomic mass is 32.1. The van der Waals surface area contributed by atoms with Gasteiger partial charge in [0.25, 0.3) is 5.91 Å². The van der Waals surface area contributed by atoms with Crippen LogP contribution in [0.25, 0.3) is 21.5 Å². The average molecular weight is 678 g/mol. The number of nitrogens with one attached hydrogen (secondary N) is 2. The molecular weight excluding hydrogens is 646 g/mol. The summed E-state index contributed by atoms with van der Waals surface area (Å²) in [5.74, 6) is -2.14. The molecule has 1 aliphatic rings. The second kappa shape index (κ2) is 11.9. The summed E-state index contributed by atoms with van der Waals surface area (Å²) in [5.41, 5.74) is -1.65. The van der Waals surface area contributed by atoms with Crippen LogP contribution in [0.4, 0.5) is 22.7 Å². The van der Waals surface area contributed by atoms with Gasteiger partial charge in [-0.15, -0.1) is 0 Å². The van der Waals surface area contributed by atoms with E-state index in [0.29, 0.717) is 10.2 Å². The van der Waals surface area contributed by atoms with Crippen molar-refractivity contribution in [2.45, 2.75) is 43.6 Å². The molecule has 2 aromatic heterocycles. The molecule has 0 radical (unpaired) electrons. The van der Waals surface area contributed by atoms with E-state index in [1.54, 1.807) is 0 Å². The van der Waals surface area contributed by atoms with Gasteiger partial charge in [0.2, 0.25) is 11.5 Å². The van der Waals surface area contributed by atoms with Gasteiger partial charge in [0, 0.05) is 23.2 Å². The van der Waals surface area contributed by atoms with Gasteiger partial charge in [-0.25, -0.2) is 14.4 Å². The van der Waals surface area contributed by atoms with Crippen LogP contribution < -0.4 is 25.8 Å². The maximum absolute atomic E-state index is 14.8. The highest BCUT2D eigenvalue weighted by Gasteiger charge is 2.58. The third-order valence-electron chi connectivity index (χ3n) is 7.73. The molecule has 4 aromatic rings.